The van der Waals surface area contributed by atoms with Gasteiger partial charge in [0.15, 0.2) is 12.4 Å². The molecule has 132 valence electrons. The first kappa shape index (κ1) is 17.2. The van der Waals surface area contributed by atoms with Crippen LogP contribution in [0, 0.1) is 17.0 Å². The molecule has 0 saturated carbocycles. The summed E-state index contributed by atoms with van der Waals surface area (Å²) >= 11 is 0. The molecule has 1 aromatic heterocycles. The fourth-order valence-electron chi connectivity index (χ4n) is 2.37. The van der Waals surface area contributed by atoms with E-state index in [9.17, 15) is 14.9 Å². The standard InChI is InChI=1S/C18H16N4O4/c1-13-19-11-18(22(24)25)21(13)12-17(23)20-14-7-9-16(10-8-14)26-15-5-3-2-4-6-15/h2-11H,12H2,1H3,(H,20,23). The van der Waals surface area contributed by atoms with Crippen molar-refractivity contribution in [3.8, 4) is 11.5 Å². The highest BCUT2D eigenvalue weighted by Crippen LogP contribution is 2.22. The molecule has 0 atom stereocenters. The lowest BCUT2D eigenvalue weighted by atomic mass is 10.3. The smallest absolute Gasteiger partial charge is 0.343 e. The van der Waals surface area contributed by atoms with Gasteiger partial charge in [0, 0.05) is 12.6 Å². The predicted molar refractivity (Wildman–Crippen MR) is 95.2 cm³/mol. The summed E-state index contributed by atoms with van der Waals surface area (Å²) in [5.41, 5.74) is 0.566. The van der Waals surface area contributed by atoms with Crippen molar-refractivity contribution in [2.75, 3.05) is 5.32 Å². The second-order valence-electron chi connectivity index (χ2n) is 5.49. The Kier molecular flexibility index (Phi) is 4.93. The normalized spacial score (nSPS) is 10.3. The summed E-state index contributed by atoms with van der Waals surface area (Å²) in [6.45, 7) is 1.42. The molecule has 1 amide bonds. The van der Waals surface area contributed by atoms with Gasteiger partial charge in [-0.3, -0.25) is 4.79 Å². The van der Waals surface area contributed by atoms with Crippen molar-refractivity contribution >= 4 is 17.4 Å². The molecule has 3 aromatic rings. The molecule has 0 spiro atoms. The zero-order chi connectivity index (χ0) is 18.5. The summed E-state index contributed by atoms with van der Waals surface area (Å²) in [6, 6.07) is 16.2. The van der Waals surface area contributed by atoms with Crippen LogP contribution in [0.3, 0.4) is 0 Å². The fraction of sp³-hybridized carbons (Fsp3) is 0.111. The Balaban J connectivity index is 1.63. The molecule has 8 nitrogen and oxygen atoms in total. The summed E-state index contributed by atoms with van der Waals surface area (Å²) in [4.78, 5) is 26.4. The van der Waals surface area contributed by atoms with E-state index in [1.807, 2.05) is 30.3 Å². The number of rotatable bonds is 6. The van der Waals surface area contributed by atoms with Crippen molar-refractivity contribution < 1.29 is 14.5 Å². The number of carbonyl (C=O) groups is 1. The molecule has 8 heteroatoms. The van der Waals surface area contributed by atoms with Crippen LogP contribution >= 0.6 is 0 Å². The molecule has 26 heavy (non-hydrogen) atoms. The SMILES string of the molecule is Cc1ncc([N+](=O)[O-])n1CC(=O)Nc1ccc(Oc2ccccc2)cc1. The molecular formula is C18H16N4O4. The van der Waals surface area contributed by atoms with Crippen LogP contribution in [0.15, 0.2) is 60.8 Å². The Bertz CT molecular complexity index is 920. The second kappa shape index (κ2) is 7.47. The lowest BCUT2D eigenvalue weighted by Crippen LogP contribution is -2.20. The van der Waals surface area contributed by atoms with Gasteiger partial charge in [-0.15, -0.1) is 0 Å². The molecule has 0 aliphatic rings. The van der Waals surface area contributed by atoms with E-state index < -0.39 is 4.92 Å². The van der Waals surface area contributed by atoms with Crippen LogP contribution in [0.2, 0.25) is 0 Å². The fourth-order valence-corrected chi connectivity index (χ4v) is 2.37. The van der Waals surface area contributed by atoms with E-state index in [0.29, 0.717) is 23.0 Å². The number of amides is 1. The molecule has 0 aliphatic heterocycles. The quantitative estimate of drug-likeness (QED) is 0.540. The van der Waals surface area contributed by atoms with Crippen LogP contribution in [0.25, 0.3) is 0 Å². The highest BCUT2D eigenvalue weighted by atomic mass is 16.6. The zero-order valence-corrected chi connectivity index (χ0v) is 14.0. The summed E-state index contributed by atoms with van der Waals surface area (Å²) in [7, 11) is 0. The number of hydrogen-bond acceptors (Lipinski definition) is 5. The molecule has 1 N–H and O–H groups in total. The summed E-state index contributed by atoms with van der Waals surface area (Å²) in [5, 5.41) is 13.7. The van der Waals surface area contributed by atoms with E-state index in [4.69, 9.17) is 4.74 Å². The number of nitrogens with zero attached hydrogens (tertiary/aromatic N) is 3. The number of para-hydroxylation sites is 1. The Hall–Kier alpha value is -3.68. The average Bonchev–Trinajstić information content (AvgIpc) is 2.98. The first-order chi connectivity index (χ1) is 12.5. The Morgan fingerprint density at radius 3 is 2.46 bits per heavy atom. The molecule has 2 aromatic carbocycles. The molecule has 0 saturated heterocycles. The third kappa shape index (κ3) is 4.04. The molecule has 1 heterocycles. The monoisotopic (exact) mass is 352 g/mol. The van der Waals surface area contributed by atoms with Crippen LogP contribution in [0.1, 0.15) is 5.82 Å². The van der Waals surface area contributed by atoms with Gasteiger partial charge < -0.3 is 20.2 Å². The first-order valence-corrected chi connectivity index (χ1v) is 7.82. The van der Waals surface area contributed by atoms with Crippen molar-refractivity contribution in [2.24, 2.45) is 0 Å². The van der Waals surface area contributed by atoms with Crippen LogP contribution < -0.4 is 10.1 Å². The Labute approximate surface area is 149 Å². The minimum atomic E-state index is -0.566. The number of nitro groups is 1. The molecule has 0 radical (unpaired) electrons. The number of aryl methyl sites for hydroxylation is 1. The topological polar surface area (TPSA) is 99.3 Å². The predicted octanol–water partition coefficient (Wildman–Crippen LogP) is 3.53. The van der Waals surface area contributed by atoms with E-state index in [2.05, 4.69) is 10.3 Å². The average molecular weight is 352 g/mol. The van der Waals surface area contributed by atoms with Gasteiger partial charge in [0.2, 0.25) is 0 Å². The molecule has 0 unspecified atom stereocenters. The Morgan fingerprint density at radius 2 is 1.81 bits per heavy atom. The number of hydrogen-bond donors (Lipinski definition) is 1. The lowest BCUT2D eigenvalue weighted by Gasteiger charge is -2.08. The van der Waals surface area contributed by atoms with Crippen molar-refractivity contribution in [3.63, 3.8) is 0 Å². The summed E-state index contributed by atoms with van der Waals surface area (Å²) < 4.78 is 6.93. The minimum Gasteiger partial charge on any atom is -0.457 e. The lowest BCUT2D eigenvalue weighted by molar-refractivity contribution is -0.392. The van der Waals surface area contributed by atoms with Crippen molar-refractivity contribution in [2.45, 2.75) is 13.5 Å². The number of aromatic nitrogens is 2. The third-order valence-corrected chi connectivity index (χ3v) is 3.64. The highest BCUT2D eigenvalue weighted by molar-refractivity contribution is 5.90. The van der Waals surface area contributed by atoms with Crippen molar-refractivity contribution in [1.82, 2.24) is 9.55 Å². The molecule has 0 bridgehead atoms. The van der Waals surface area contributed by atoms with E-state index in [-0.39, 0.29) is 18.3 Å². The van der Waals surface area contributed by atoms with Crippen LogP contribution in [0.5, 0.6) is 11.5 Å². The van der Waals surface area contributed by atoms with Crippen LogP contribution in [-0.2, 0) is 11.3 Å². The van der Waals surface area contributed by atoms with Gasteiger partial charge in [-0.2, -0.15) is 0 Å². The number of anilines is 1. The van der Waals surface area contributed by atoms with Gasteiger partial charge in [0.05, 0.1) is 0 Å². The van der Waals surface area contributed by atoms with Gasteiger partial charge in [0.25, 0.3) is 5.91 Å². The maximum absolute atomic E-state index is 12.2. The van der Waals surface area contributed by atoms with Gasteiger partial charge in [-0.05, 0) is 41.3 Å². The first-order valence-electron chi connectivity index (χ1n) is 7.82. The van der Waals surface area contributed by atoms with Crippen molar-refractivity contribution in [1.29, 1.82) is 0 Å². The largest absolute Gasteiger partial charge is 0.457 e. The number of carbonyl (C=O) groups excluding carboxylic acids is 1. The Morgan fingerprint density at radius 1 is 1.15 bits per heavy atom. The van der Waals surface area contributed by atoms with E-state index >= 15 is 0 Å². The molecular weight excluding hydrogens is 336 g/mol. The highest BCUT2D eigenvalue weighted by Gasteiger charge is 2.20. The second-order valence-corrected chi connectivity index (χ2v) is 5.49. The summed E-state index contributed by atoms with van der Waals surface area (Å²) in [5.74, 6) is 1.15. The number of nitrogens with one attached hydrogen (secondary N) is 1. The molecule has 0 fully saturated rings. The maximum atomic E-state index is 12.2. The van der Waals surface area contributed by atoms with Crippen LogP contribution in [0.4, 0.5) is 11.5 Å². The van der Waals surface area contributed by atoms with Gasteiger partial charge in [0.1, 0.15) is 17.7 Å². The zero-order valence-electron chi connectivity index (χ0n) is 14.0. The summed E-state index contributed by atoms with van der Waals surface area (Å²) in [6.07, 6.45) is 1.14. The van der Waals surface area contributed by atoms with Gasteiger partial charge in [-0.25, -0.2) is 9.55 Å². The van der Waals surface area contributed by atoms with E-state index in [0.717, 1.165) is 6.20 Å². The number of benzene rings is 2. The number of ether oxygens (including phenoxy) is 1. The van der Waals surface area contributed by atoms with Gasteiger partial charge in [-0.1, -0.05) is 18.2 Å². The third-order valence-electron chi connectivity index (χ3n) is 3.64. The molecule has 3 rings (SSSR count). The van der Waals surface area contributed by atoms with Crippen molar-refractivity contribution in [3.05, 3.63) is 76.7 Å². The van der Waals surface area contributed by atoms with Gasteiger partial charge >= 0.3 is 5.82 Å². The number of imidazole rings is 1. The maximum Gasteiger partial charge on any atom is 0.343 e. The van der Waals surface area contributed by atoms with E-state index in [1.165, 1.54) is 4.57 Å². The molecule has 0 aliphatic carbocycles. The van der Waals surface area contributed by atoms with Crippen LogP contribution in [-0.4, -0.2) is 20.4 Å². The van der Waals surface area contributed by atoms with E-state index in [1.54, 1.807) is 31.2 Å². The minimum absolute atomic E-state index is 0.190.